The minimum Gasteiger partial charge on any atom is -0.480 e. The van der Waals surface area contributed by atoms with E-state index in [0.717, 1.165) is 10.9 Å². The summed E-state index contributed by atoms with van der Waals surface area (Å²) in [4.78, 5) is 120. The van der Waals surface area contributed by atoms with Crippen LogP contribution in [-0.4, -0.2) is 149 Å². The topological polar surface area (TPSA) is 444 Å². The number of amides is 7. The van der Waals surface area contributed by atoms with Crippen molar-refractivity contribution >= 4 is 70.1 Å². The van der Waals surface area contributed by atoms with Crippen LogP contribution in [0.3, 0.4) is 0 Å². The van der Waals surface area contributed by atoms with Gasteiger partial charge < -0.3 is 81.1 Å². The Bertz CT molecular complexity index is 2430. The third-order valence-electron chi connectivity index (χ3n) is 12.0. The molecule has 21 N–H and O–H groups in total. The molecule has 404 valence electrons. The van der Waals surface area contributed by atoms with Crippen molar-refractivity contribution in [3.8, 4) is 0 Å². The van der Waals surface area contributed by atoms with Crippen LogP contribution in [0, 0.1) is 0 Å². The lowest BCUT2D eigenvalue weighted by Crippen LogP contribution is -2.61. The number of rotatable bonds is 18. The number of aromatic nitrogens is 1. The van der Waals surface area contributed by atoms with Gasteiger partial charge in [-0.05, 0) is 81.5 Å². The number of nitrogens with zero attached hydrogens (tertiary/aromatic N) is 2. The van der Waals surface area contributed by atoms with E-state index in [-0.39, 0.29) is 102 Å². The molecule has 1 aromatic heterocycles. The Kier molecular flexibility index (Phi) is 24.0. The molecule has 2 aromatic carbocycles. The lowest BCUT2D eigenvalue weighted by Gasteiger charge is -2.31. The summed E-state index contributed by atoms with van der Waals surface area (Å²) in [5.41, 5.74) is 29.9. The number of aromatic amines is 1. The molecule has 0 bridgehead atoms. The number of nitrogens with two attached hydrogens (primary N) is 5. The lowest BCUT2D eigenvalue weighted by molar-refractivity contribution is -0.144. The van der Waals surface area contributed by atoms with Crippen LogP contribution in [-0.2, 0) is 51.2 Å². The highest BCUT2D eigenvalue weighted by atomic mass is 16.4. The second-order valence-corrected chi connectivity index (χ2v) is 17.9. The molecule has 3 aromatic rings. The second kappa shape index (κ2) is 30.3. The Morgan fingerprint density at radius 3 is 2.09 bits per heavy atom. The smallest absolute Gasteiger partial charge is 0.326 e. The van der Waals surface area contributed by atoms with E-state index >= 15 is 0 Å². The average molecular weight is 1030 g/mol. The Balaban J connectivity index is 1.75. The predicted molar refractivity (Wildman–Crippen MR) is 275 cm³/mol. The van der Waals surface area contributed by atoms with E-state index < -0.39 is 102 Å². The first-order chi connectivity index (χ1) is 35.3. The largest absolute Gasteiger partial charge is 0.480 e. The summed E-state index contributed by atoms with van der Waals surface area (Å²) >= 11 is 0. The molecule has 0 aliphatic carbocycles. The molecule has 7 amide bonds. The molecule has 26 heteroatoms. The van der Waals surface area contributed by atoms with E-state index in [1.54, 1.807) is 42.6 Å². The Labute approximate surface area is 428 Å². The number of aliphatic imine (C=N–C) groups is 2. The lowest BCUT2D eigenvalue weighted by atomic mass is 10.0. The number of aliphatic hydroxyl groups is 1. The highest BCUT2D eigenvalue weighted by Gasteiger charge is 2.35. The Morgan fingerprint density at radius 1 is 0.770 bits per heavy atom. The number of guanidine groups is 2. The molecule has 1 aliphatic rings. The van der Waals surface area contributed by atoms with Crippen molar-refractivity contribution in [3.63, 3.8) is 0 Å². The number of carboxylic acids is 1. The Morgan fingerprint density at radius 2 is 1.42 bits per heavy atom. The number of para-hydroxylation sites is 1. The van der Waals surface area contributed by atoms with Crippen LogP contribution in [0.5, 0.6) is 0 Å². The molecule has 0 spiro atoms. The number of benzene rings is 2. The highest BCUT2D eigenvalue weighted by molar-refractivity contribution is 5.96. The van der Waals surface area contributed by atoms with Crippen LogP contribution in [0.25, 0.3) is 10.9 Å². The standard InChI is InChI=1S/C48H72N16O10/c1-27(65)58-32(16-9-21-55-47(50)51)40(67)59-33-15-7-8-20-54-39(66)25-38(46(73)74)64-45(72)37(24-29-26-57-31-14-6-5-13-30(29)31)63-42(69)34(17-10-22-56-48(52)53)60-44(71)36(23-28-11-3-2-4-12-28)62-43(70)35(18-19-49)61-41(33)68/h2-6,11-14,26,32-38,42,57,63,69H,7-10,15-25,49H2,1H3,(H,54,66)(H,58,65)(H,59,67)(H,60,71)(H,61,68)(H,62,70)(H,64,72)(H,73,74)(H4,50,51,55)(H4,52,53,56). The van der Waals surface area contributed by atoms with E-state index in [9.17, 15) is 48.6 Å². The molecule has 0 radical (unpaired) electrons. The van der Waals surface area contributed by atoms with Gasteiger partial charge in [-0.3, -0.25) is 48.9 Å². The van der Waals surface area contributed by atoms with Gasteiger partial charge in [0.25, 0.3) is 0 Å². The summed E-state index contributed by atoms with van der Waals surface area (Å²) in [5, 5.41) is 44.4. The molecule has 0 saturated carbocycles. The van der Waals surface area contributed by atoms with Gasteiger partial charge in [0.05, 0.1) is 18.5 Å². The zero-order valence-corrected chi connectivity index (χ0v) is 41.4. The molecule has 8 unspecified atom stereocenters. The van der Waals surface area contributed by atoms with Crippen molar-refractivity contribution in [2.24, 2.45) is 38.7 Å². The number of aliphatic hydroxyl groups excluding tert-OH is 1. The molecule has 74 heavy (non-hydrogen) atoms. The molecule has 8 atom stereocenters. The number of carbonyl (C=O) groups excluding carboxylic acids is 7. The minimum atomic E-state index is -1.73. The summed E-state index contributed by atoms with van der Waals surface area (Å²) in [5.74, 6) is -7.17. The molecule has 1 fully saturated rings. The third-order valence-corrected chi connectivity index (χ3v) is 12.0. The summed E-state index contributed by atoms with van der Waals surface area (Å²) in [7, 11) is 0. The van der Waals surface area contributed by atoms with E-state index in [4.69, 9.17) is 28.7 Å². The van der Waals surface area contributed by atoms with E-state index in [2.05, 4.69) is 57.5 Å². The maximum Gasteiger partial charge on any atom is 0.326 e. The molecule has 2 heterocycles. The number of aliphatic carboxylic acids is 1. The number of carboxylic acid groups (broad SMARTS) is 1. The van der Waals surface area contributed by atoms with E-state index in [1.807, 2.05) is 18.2 Å². The zero-order chi connectivity index (χ0) is 54.2. The molecule has 1 aliphatic heterocycles. The number of H-pyrrole nitrogens is 1. The van der Waals surface area contributed by atoms with Crippen LogP contribution in [0.15, 0.2) is 70.8 Å². The van der Waals surface area contributed by atoms with Gasteiger partial charge in [-0.15, -0.1) is 0 Å². The van der Waals surface area contributed by atoms with Crippen LogP contribution in [0.1, 0.15) is 75.8 Å². The number of carbonyl (C=O) groups is 8. The fourth-order valence-corrected chi connectivity index (χ4v) is 8.21. The van der Waals surface area contributed by atoms with Gasteiger partial charge in [0, 0.05) is 50.1 Å². The van der Waals surface area contributed by atoms with Crippen molar-refractivity contribution in [2.45, 2.75) is 126 Å². The molecule has 26 nitrogen and oxygen atoms in total. The quantitative estimate of drug-likeness (QED) is 0.0332. The fraction of sp³-hybridized carbons (Fsp3) is 0.500. The van der Waals surface area contributed by atoms with E-state index in [0.29, 0.717) is 11.1 Å². The summed E-state index contributed by atoms with van der Waals surface area (Å²) in [6.07, 6.45) is -0.122. The molecule has 1 saturated heterocycles. The van der Waals surface area contributed by atoms with Crippen LogP contribution in [0.4, 0.5) is 0 Å². The van der Waals surface area contributed by atoms with Crippen molar-refractivity contribution in [1.29, 1.82) is 0 Å². The fourth-order valence-electron chi connectivity index (χ4n) is 8.21. The maximum absolute atomic E-state index is 14.6. The van der Waals surface area contributed by atoms with Gasteiger partial charge in [0.1, 0.15) is 36.4 Å². The van der Waals surface area contributed by atoms with Crippen molar-refractivity contribution in [3.05, 3.63) is 71.9 Å². The van der Waals surface area contributed by atoms with Crippen LogP contribution >= 0.6 is 0 Å². The van der Waals surface area contributed by atoms with Gasteiger partial charge in [-0.2, -0.15) is 0 Å². The minimum absolute atomic E-state index is 0.0000623. The number of hydrogen-bond acceptors (Lipinski definition) is 13. The Hall–Kier alpha value is -7.84. The van der Waals surface area contributed by atoms with Gasteiger partial charge in [0.2, 0.25) is 41.4 Å². The van der Waals surface area contributed by atoms with Crippen molar-refractivity contribution in [1.82, 2.24) is 47.5 Å². The first kappa shape index (κ1) is 58.7. The molecule has 4 rings (SSSR count). The highest BCUT2D eigenvalue weighted by Crippen LogP contribution is 2.20. The summed E-state index contributed by atoms with van der Waals surface area (Å²) < 4.78 is 0. The monoisotopic (exact) mass is 1030 g/mol. The molecular weight excluding hydrogens is 961 g/mol. The molecular formula is C48H72N16O10. The second-order valence-electron chi connectivity index (χ2n) is 17.9. The van der Waals surface area contributed by atoms with Gasteiger partial charge >= 0.3 is 5.97 Å². The van der Waals surface area contributed by atoms with Gasteiger partial charge in [-0.1, -0.05) is 48.5 Å². The third kappa shape index (κ3) is 20.0. The van der Waals surface area contributed by atoms with E-state index in [1.165, 1.54) is 6.92 Å². The first-order valence-corrected chi connectivity index (χ1v) is 24.5. The predicted octanol–water partition coefficient (Wildman–Crippen LogP) is -3.61. The van der Waals surface area contributed by atoms with Crippen molar-refractivity contribution < 1.29 is 48.6 Å². The zero-order valence-electron chi connectivity index (χ0n) is 41.4. The van der Waals surface area contributed by atoms with Crippen molar-refractivity contribution in [2.75, 3.05) is 26.2 Å². The van der Waals surface area contributed by atoms with Crippen LogP contribution < -0.4 is 71.2 Å². The number of hydrogen-bond donors (Lipinski definition) is 16. The maximum atomic E-state index is 14.6. The number of fused-ring (bicyclic) bond motifs is 1. The van der Waals surface area contributed by atoms with Crippen LogP contribution in [0.2, 0.25) is 0 Å². The summed E-state index contributed by atoms with van der Waals surface area (Å²) in [6.45, 7) is 1.32. The van der Waals surface area contributed by atoms with Gasteiger partial charge in [0.15, 0.2) is 11.9 Å². The SMILES string of the molecule is CC(=O)NC(CCCN=C(N)N)C(=O)NC1CCCCNC(=O)CC(C(=O)O)NC(=O)C(Cc2c[nH]c3ccccc23)NC(O)C(CCCN=C(N)N)NC(=O)C(Cc2ccccc2)NC(=O)C(CCN)NC1=O. The first-order valence-electron chi connectivity index (χ1n) is 24.5. The number of nitrogens with one attached hydrogen (secondary N) is 9. The normalized spacial score (nSPS) is 22.3. The summed E-state index contributed by atoms with van der Waals surface area (Å²) in [6, 6.07) is 6.49. The average Bonchev–Trinajstić information content (AvgIpc) is 3.76. The van der Waals surface area contributed by atoms with Gasteiger partial charge in [-0.25, -0.2) is 4.79 Å².